The van der Waals surface area contributed by atoms with Gasteiger partial charge in [-0.05, 0) is 62.6 Å². The minimum Gasteiger partial charge on any atom is -0.481 e. The summed E-state index contributed by atoms with van der Waals surface area (Å²) >= 11 is 0. The second kappa shape index (κ2) is 11.4. The summed E-state index contributed by atoms with van der Waals surface area (Å²) in [6.45, 7) is 7.58. The molecule has 1 aromatic heterocycles. The van der Waals surface area contributed by atoms with Gasteiger partial charge in [-0.2, -0.15) is 0 Å². The highest BCUT2D eigenvalue weighted by molar-refractivity contribution is 5.85. The molecule has 36 heavy (non-hydrogen) atoms. The van der Waals surface area contributed by atoms with Crippen LogP contribution in [0, 0.1) is 18.7 Å². The van der Waals surface area contributed by atoms with Gasteiger partial charge in [0.05, 0.1) is 18.6 Å². The second-order valence-corrected chi connectivity index (χ2v) is 9.81. The third kappa shape index (κ3) is 5.25. The lowest BCUT2D eigenvalue weighted by molar-refractivity contribution is -0.142. The number of benzene rings is 2. The van der Waals surface area contributed by atoms with Gasteiger partial charge < -0.3 is 20.7 Å². The number of fused-ring (bicyclic) bond motifs is 3. The summed E-state index contributed by atoms with van der Waals surface area (Å²) in [7, 11) is 0. The maximum absolute atomic E-state index is 15.7. The van der Waals surface area contributed by atoms with Crippen LogP contribution in [0.5, 0.6) is 0 Å². The lowest BCUT2D eigenvalue weighted by Gasteiger charge is -2.42. The van der Waals surface area contributed by atoms with Crippen LogP contribution in [0.3, 0.4) is 0 Å². The molecular weight excluding hydrogens is 462 g/mol. The lowest BCUT2D eigenvalue weighted by atomic mass is 9.85. The standard InChI is InChI=1S/C28H36F2N4O2/c1-17(28(35)36)16-34-18(2)15-21-20-7-4-5-8-24(20)33-26(21)27(34)25-19(3)23(10-9-22(25)30)32-14-13-31-12-6-11-29/h4-5,7-10,17-18,27,31-33H,6,11-16H2,1-3H3,(H,35,36)/t17?,18-,27-/m1/s1. The van der Waals surface area contributed by atoms with Crippen molar-refractivity contribution >= 4 is 22.6 Å². The van der Waals surface area contributed by atoms with Crippen molar-refractivity contribution < 1.29 is 18.7 Å². The van der Waals surface area contributed by atoms with Crippen molar-refractivity contribution in [3.63, 3.8) is 0 Å². The number of aliphatic carboxylic acids is 1. The number of rotatable bonds is 11. The SMILES string of the molecule is Cc1c(NCCNCCCF)ccc(F)c1[C@@H]1c2[nH]c3ccccc3c2C[C@@H](C)N1CC(C)C(=O)O. The van der Waals surface area contributed by atoms with Crippen molar-refractivity contribution in [2.24, 2.45) is 5.92 Å². The molecule has 1 aliphatic rings. The molecule has 3 atom stereocenters. The number of aromatic nitrogens is 1. The molecule has 1 aliphatic heterocycles. The summed E-state index contributed by atoms with van der Waals surface area (Å²) in [4.78, 5) is 17.4. The summed E-state index contributed by atoms with van der Waals surface area (Å²) in [5.74, 6) is -1.77. The summed E-state index contributed by atoms with van der Waals surface area (Å²) in [5, 5.41) is 17.4. The van der Waals surface area contributed by atoms with Crippen LogP contribution in [0.15, 0.2) is 36.4 Å². The Kier molecular flexibility index (Phi) is 8.26. The fourth-order valence-corrected chi connectivity index (χ4v) is 5.32. The number of nitrogens with zero attached hydrogens (tertiary/aromatic N) is 1. The molecule has 0 spiro atoms. The topological polar surface area (TPSA) is 80.4 Å². The van der Waals surface area contributed by atoms with Gasteiger partial charge >= 0.3 is 5.97 Å². The number of carbonyl (C=O) groups is 1. The van der Waals surface area contributed by atoms with Gasteiger partial charge in [0.2, 0.25) is 0 Å². The molecule has 0 fully saturated rings. The molecule has 4 rings (SSSR count). The van der Waals surface area contributed by atoms with Gasteiger partial charge in [-0.1, -0.05) is 25.1 Å². The number of carboxylic acids is 1. The van der Waals surface area contributed by atoms with Gasteiger partial charge in [-0.15, -0.1) is 0 Å². The molecule has 8 heteroatoms. The average Bonchev–Trinajstić information content (AvgIpc) is 3.22. The normalized spacial score (nSPS) is 18.8. The van der Waals surface area contributed by atoms with Crippen molar-refractivity contribution in [3.8, 4) is 0 Å². The smallest absolute Gasteiger partial charge is 0.307 e. The van der Waals surface area contributed by atoms with Gasteiger partial charge in [0.25, 0.3) is 0 Å². The third-order valence-electron chi connectivity index (χ3n) is 7.26. The first kappa shape index (κ1) is 26.1. The molecule has 0 aliphatic carbocycles. The summed E-state index contributed by atoms with van der Waals surface area (Å²) in [6, 6.07) is 10.9. The number of nitrogens with one attached hydrogen (secondary N) is 3. The quantitative estimate of drug-likeness (QED) is 0.279. The van der Waals surface area contributed by atoms with E-state index in [1.807, 2.05) is 25.1 Å². The monoisotopic (exact) mass is 498 g/mol. The van der Waals surface area contributed by atoms with E-state index in [0.29, 0.717) is 38.2 Å². The number of alkyl halides is 1. The van der Waals surface area contributed by atoms with E-state index in [9.17, 15) is 14.3 Å². The number of H-pyrrole nitrogens is 1. The number of aromatic amines is 1. The van der Waals surface area contributed by atoms with E-state index < -0.39 is 17.9 Å². The maximum atomic E-state index is 15.7. The van der Waals surface area contributed by atoms with Gasteiger partial charge in [-0.25, -0.2) is 4.39 Å². The Hall–Kier alpha value is -2.97. The highest BCUT2D eigenvalue weighted by Crippen LogP contribution is 2.43. The largest absolute Gasteiger partial charge is 0.481 e. The molecule has 4 N–H and O–H groups in total. The Morgan fingerprint density at radius 1 is 1.22 bits per heavy atom. The van der Waals surface area contributed by atoms with Gasteiger partial charge in [0, 0.05) is 53.5 Å². The summed E-state index contributed by atoms with van der Waals surface area (Å²) < 4.78 is 28.0. The molecule has 6 nitrogen and oxygen atoms in total. The highest BCUT2D eigenvalue weighted by Gasteiger charge is 2.39. The molecule has 0 bridgehead atoms. The molecule has 1 unspecified atom stereocenters. The Bertz CT molecular complexity index is 1210. The molecule has 0 amide bonds. The first-order valence-electron chi connectivity index (χ1n) is 12.7. The fraction of sp³-hybridized carbons (Fsp3) is 0.464. The number of carboxylic acid groups (broad SMARTS) is 1. The van der Waals surface area contributed by atoms with Crippen LogP contribution in [0.4, 0.5) is 14.5 Å². The molecule has 0 saturated carbocycles. The van der Waals surface area contributed by atoms with Crippen molar-refractivity contribution in [2.75, 3.05) is 38.2 Å². The average molecular weight is 499 g/mol. The zero-order valence-electron chi connectivity index (χ0n) is 21.2. The van der Waals surface area contributed by atoms with Crippen LogP contribution < -0.4 is 10.6 Å². The van der Waals surface area contributed by atoms with Crippen LogP contribution in [-0.4, -0.2) is 59.9 Å². The zero-order chi connectivity index (χ0) is 25.8. The van der Waals surface area contributed by atoms with E-state index in [0.717, 1.165) is 39.8 Å². The number of halogens is 2. The van der Waals surface area contributed by atoms with E-state index in [2.05, 4.69) is 33.5 Å². The predicted octanol–water partition coefficient (Wildman–Crippen LogP) is 5.03. The molecule has 0 radical (unpaired) electrons. The molecule has 0 saturated heterocycles. The fourth-order valence-electron chi connectivity index (χ4n) is 5.32. The van der Waals surface area contributed by atoms with Gasteiger partial charge in [0.1, 0.15) is 5.82 Å². The van der Waals surface area contributed by atoms with Crippen molar-refractivity contribution in [2.45, 2.75) is 45.7 Å². The lowest BCUT2D eigenvalue weighted by Crippen LogP contribution is -2.46. The number of anilines is 1. The van der Waals surface area contributed by atoms with E-state index >= 15 is 4.39 Å². The van der Waals surface area contributed by atoms with E-state index in [1.54, 1.807) is 13.0 Å². The summed E-state index contributed by atoms with van der Waals surface area (Å²) in [5.41, 5.74) is 5.29. The van der Waals surface area contributed by atoms with Crippen molar-refractivity contribution in [1.29, 1.82) is 0 Å². The first-order valence-corrected chi connectivity index (χ1v) is 12.7. The van der Waals surface area contributed by atoms with Crippen LogP contribution >= 0.6 is 0 Å². The van der Waals surface area contributed by atoms with Gasteiger partial charge in [0.15, 0.2) is 0 Å². The molecule has 2 heterocycles. The van der Waals surface area contributed by atoms with Crippen molar-refractivity contribution in [3.05, 3.63) is 64.6 Å². The van der Waals surface area contributed by atoms with E-state index in [-0.39, 0.29) is 18.5 Å². The minimum atomic E-state index is -0.865. The molecule has 2 aromatic carbocycles. The van der Waals surface area contributed by atoms with E-state index in [4.69, 9.17) is 0 Å². The van der Waals surface area contributed by atoms with Gasteiger partial charge in [-0.3, -0.25) is 14.1 Å². The van der Waals surface area contributed by atoms with Crippen molar-refractivity contribution in [1.82, 2.24) is 15.2 Å². The summed E-state index contributed by atoms with van der Waals surface area (Å²) in [6.07, 6.45) is 1.24. The Morgan fingerprint density at radius 3 is 2.75 bits per heavy atom. The predicted molar refractivity (Wildman–Crippen MR) is 140 cm³/mol. The van der Waals surface area contributed by atoms with Crippen LogP contribution in [0.1, 0.15) is 48.7 Å². The Morgan fingerprint density at radius 2 is 2.00 bits per heavy atom. The number of hydrogen-bond donors (Lipinski definition) is 4. The highest BCUT2D eigenvalue weighted by atomic mass is 19.1. The number of para-hydroxylation sites is 1. The third-order valence-corrected chi connectivity index (χ3v) is 7.26. The first-order chi connectivity index (χ1) is 17.3. The molecule has 194 valence electrons. The molecular formula is C28H36F2N4O2. The second-order valence-electron chi connectivity index (χ2n) is 9.81. The number of hydrogen-bond acceptors (Lipinski definition) is 4. The zero-order valence-corrected chi connectivity index (χ0v) is 21.2. The van der Waals surface area contributed by atoms with Crippen LogP contribution in [0.2, 0.25) is 0 Å². The minimum absolute atomic E-state index is 0.0265. The van der Waals surface area contributed by atoms with Crippen LogP contribution in [0.25, 0.3) is 10.9 Å². The Balaban J connectivity index is 1.75. The van der Waals surface area contributed by atoms with E-state index in [1.165, 1.54) is 6.07 Å². The molecule has 3 aromatic rings. The maximum Gasteiger partial charge on any atom is 0.307 e. The van der Waals surface area contributed by atoms with Crippen LogP contribution in [-0.2, 0) is 11.2 Å². The Labute approximate surface area is 211 Å².